The summed E-state index contributed by atoms with van der Waals surface area (Å²) in [7, 11) is 0. The molecule has 15 heavy (non-hydrogen) atoms. The van der Waals surface area contributed by atoms with Gasteiger partial charge in [0, 0.05) is 0 Å². The molecule has 2 rings (SSSR count). The SMILES string of the molecule is O=C(O)c1cc(OCC2CC2)ccc1O. The van der Waals surface area contributed by atoms with Crippen molar-refractivity contribution >= 4 is 5.97 Å². The van der Waals surface area contributed by atoms with Crippen LogP contribution in [0.4, 0.5) is 0 Å². The summed E-state index contributed by atoms with van der Waals surface area (Å²) < 4.78 is 5.40. The number of rotatable bonds is 4. The van der Waals surface area contributed by atoms with Crippen LogP contribution >= 0.6 is 0 Å². The summed E-state index contributed by atoms with van der Waals surface area (Å²) in [5.41, 5.74) is -0.122. The number of ether oxygens (including phenoxy) is 1. The van der Waals surface area contributed by atoms with Crippen molar-refractivity contribution in [2.45, 2.75) is 12.8 Å². The highest BCUT2D eigenvalue weighted by Gasteiger charge is 2.22. The fourth-order valence-corrected chi connectivity index (χ4v) is 1.27. The molecule has 1 fully saturated rings. The minimum absolute atomic E-state index is 0.122. The van der Waals surface area contributed by atoms with E-state index in [1.165, 1.54) is 25.0 Å². The van der Waals surface area contributed by atoms with Gasteiger partial charge in [0.1, 0.15) is 17.1 Å². The van der Waals surface area contributed by atoms with Gasteiger partial charge in [-0.05, 0) is 37.0 Å². The standard InChI is InChI=1S/C11H12O4/c12-10-4-3-8(5-9(10)11(13)14)15-6-7-1-2-7/h3-5,7,12H,1-2,6H2,(H,13,14). The lowest BCUT2D eigenvalue weighted by atomic mass is 10.2. The molecule has 0 heterocycles. The highest BCUT2D eigenvalue weighted by atomic mass is 16.5. The van der Waals surface area contributed by atoms with Crippen LogP contribution in [-0.2, 0) is 0 Å². The Labute approximate surface area is 87.1 Å². The van der Waals surface area contributed by atoms with Gasteiger partial charge in [0.05, 0.1) is 6.61 Å². The van der Waals surface area contributed by atoms with Crippen molar-refractivity contribution in [3.05, 3.63) is 23.8 Å². The number of carboxylic acid groups (broad SMARTS) is 1. The van der Waals surface area contributed by atoms with E-state index in [2.05, 4.69) is 0 Å². The van der Waals surface area contributed by atoms with Crippen LogP contribution < -0.4 is 4.74 Å². The van der Waals surface area contributed by atoms with Crippen molar-refractivity contribution in [2.75, 3.05) is 6.61 Å². The van der Waals surface area contributed by atoms with E-state index in [9.17, 15) is 9.90 Å². The zero-order valence-electron chi connectivity index (χ0n) is 8.14. The first kappa shape index (κ1) is 9.83. The molecule has 1 aromatic carbocycles. The summed E-state index contributed by atoms with van der Waals surface area (Å²) in [6.07, 6.45) is 2.37. The Morgan fingerprint density at radius 2 is 2.20 bits per heavy atom. The molecule has 0 aliphatic heterocycles. The maximum atomic E-state index is 10.7. The lowest BCUT2D eigenvalue weighted by Gasteiger charge is -2.06. The molecule has 0 radical (unpaired) electrons. The molecule has 4 heteroatoms. The van der Waals surface area contributed by atoms with Crippen molar-refractivity contribution in [1.82, 2.24) is 0 Å². The Hall–Kier alpha value is -1.71. The molecule has 4 nitrogen and oxygen atoms in total. The topological polar surface area (TPSA) is 66.8 Å². The Morgan fingerprint density at radius 1 is 1.47 bits per heavy atom. The van der Waals surface area contributed by atoms with Gasteiger partial charge in [-0.15, -0.1) is 0 Å². The molecule has 0 bridgehead atoms. The molecule has 0 saturated heterocycles. The van der Waals surface area contributed by atoms with E-state index in [1.54, 1.807) is 6.07 Å². The van der Waals surface area contributed by atoms with Crippen molar-refractivity contribution < 1.29 is 19.7 Å². The van der Waals surface area contributed by atoms with E-state index in [1.807, 2.05) is 0 Å². The maximum Gasteiger partial charge on any atom is 0.339 e. The molecule has 1 aliphatic carbocycles. The number of aromatic hydroxyl groups is 1. The van der Waals surface area contributed by atoms with E-state index in [4.69, 9.17) is 9.84 Å². The average Bonchev–Trinajstić information content (AvgIpc) is 3.00. The number of hydrogen-bond donors (Lipinski definition) is 2. The van der Waals surface area contributed by atoms with Gasteiger partial charge in [-0.2, -0.15) is 0 Å². The molecule has 0 aromatic heterocycles. The van der Waals surface area contributed by atoms with E-state index in [0.29, 0.717) is 18.3 Å². The number of benzene rings is 1. The van der Waals surface area contributed by atoms with Crippen molar-refractivity contribution in [2.24, 2.45) is 5.92 Å². The molecule has 0 spiro atoms. The van der Waals surface area contributed by atoms with Gasteiger partial charge in [-0.25, -0.2) is 4.79 Å². The summed E-state index contributed by atoms with van der Waals surface area (Å²) in [6, 6.07) is 4.26. The zero-order valence-corrected chi connectivity index (χ0v) is 8.14. The van der Waals surface area contributed by atoms with Crippen LogP contribution in [0, 0.1) is 5.92 Å². The molecule has 1 saturated carbocycles. The fraction of sp³-hybridized carbons (Fsp3) is 0.364. The van der Waals surface area contributed by atoms with Crippen LogP contribution in [0.25, 0.3) is 0 Å². The first-order valence-electron chi connectivity index (χ1n) is 4.86. The Morgan fingerprint density at radius 3 is 2.80 bits per heavy atom. The van der Waals surface area contributed by atoms with Gasteiger partial charge in [0.15, 0.2) is 0 Å². The second-order valence-corrected chi connectivity index (χ2v) is 3.74. The third kappa shape index (κ3) is 2.40. The van der Waals surface area contributed by atoms with Gasteiger partial charge in [0.25, 0.3) is 0 Å². The van der Waals surface area contributed by atoms with Crippen LogP contribution in [0.3, 0.4) is 0 Å². The zero-order chi connectivity index (χ0) is 10.8. The summed E-state index contributed by atoms with van der Waals surface area (Å²) in [5.74, 6) is -0.269. The number of phenols is 1. The molecule has 80 valence electrons. The predicted molar refractivity (Wildman–Crippen MR) is 53.3 cm³/mol. The number of aromatic carboxylic acids is 1. The maximum absolute atomic E-state index is 10.7. The lowest BCUT2D eigenvalue weighted by molar-refractivity contribution is 0.0693. The molecular weight excluding hydrogens is 196 g/mol. The average molecular weight is 208 g/mol. The lowest BCUT2D eigenvalue weighted by Crippen LogP contribution is -2.01. The summed E-state index contributed by atoms with van der Waals surface area (Å²) in [5, 5.41) is 18.0. The van der Waals surface area contributed by atoms with E-state index in [-0.39, 0.29) is 11.3 Å². The molecular formula is C11H12O4. The van der Waals surface area contributed by atoms with Crippen LogP contribution in [0.1, 0.15) is 23.2 Å². The molecule has 0 atom stereocenters. The molecule has 0 unspecified atom stereocenters. The van der Waals surface area contributed by atoms with Crippen LogP contribution in [0.5, 0.6) is 11.5 Å². The van der Waals surface area contributed by atoms with Gasteiger partial charge in [-0.1, -0.05) is 0 Å². The monoisotopic (exact) mass is 208 g/mol. The van der Waals surface area contributed by atoms with Crippen LogP contribution in [0.15, 0.2) is 18.2 Å². The molecule has 0 amide bonds. The molecule has 2 N–H and O–H groups in total. The molecule has 1 aromatic rings. The van der Waals surface area contributed by atoms with Crippen LogP contribution in [0.2, 0.25) is 0 Å². The van der Waals surface area contributed by atoms with Gasteiger partial charge in [-0.3, -0.25) is 0 Å². The van der Waals surface area contributed by atoms with Crippen molar-refractivity contribution in [1.29, 1.82) is 0 Å². The van der Waals surface area contributed by atoms with Gasteiger partial charge in [0.2, 0.25) is 0 Å². The van der Waals surface area contributed by atoms with E-state index >= 15 is 0 Å². The molecule has 1 aliphatic rings. The quantitative estimate of drug-likeness (QED) is 0.792. The van der Waals surface area contributed by atoms with Crippen molar-refractivity contribution in [3.8, 4) is 11.5 Å². The van der Waals surface area contributed by atoms with Gasteiger partial charge < -0.3 is 14.9 Å². The number of carboxylic acids is 1. The smallest absolute Gasteiger partial charge is 0.339 e. The minimum Gasteiger partial charge on any atom is -0.507 e. The summed E-state index contributed by atoms with van der Waals surface area (Å²) >= 11 is 0. The minimum atomic E-state index is -1.15. The highest BCUT2D eigenvalue weighted by molar-refractivity contribution is 5.91. The second-order valence-electron chi connectivity index (χ2n) is 3.74. The fourth-order valence-electron chi connectivity index (χ4n) is 1.27. The third-order valence-electron chi connectivity index (χ3n) is 2.38. The predicted octanol–water partition coefficient (Wildman–Crippen LogP) is 1.88. The summed E-state index contributed by atoms with van der Waals surface area (Å²) in [6.45, 7) is 0.629. The number of carbonyl (C=O) groups is 1. The van der Waals surface area contributed by atoms with E-state index in [0.717, 1.165) is 0 Å². The van der Waals surface area contributed by atoms with E-state index < -0.39 is 5.97 Å². The first-order valence-corrected chi connectivity index (χ1v) is 4.86. The summed E-state index contributed by atoms with van der Waals surface area (Å²) in [4.78, 5) is 10.7. The normalized spacial score (nSPS) is 14.9. The Bertz CT molecular complexity index is 382. The van der Waals surface area contributed by atoms with Crippen molar-refractivity contribution in [3.63, 3.8) is 0 Å². The third-order valence-corrected chi connectivity index (χ3v) is 2.38. The first-order chi connectivity index (χ1) is 7.16. The largest absolute Gasteiger partial charge is 0.507 e. The second kappa shape index (κ2) is 3.81. The van der Waals surface area contributed by atoms with Crippen LogP contribution in [-0.4, -0.2) is 22.8 Å². The highest BCUT2D eigenvalue weighted by Crippen LogP contribution is 2.30. The number of hydrogen-bond acceptors (Lipinski definition) is 3. The Kier molecular flexibility index (Phi) is 2.49. The van der Waals surface area contributed by atoms with Gasteiger partial charge >= 0.3 is 5.97 Å². The Balaban J connectivity index is 2.10.